The first kappa shape index (κ1) is 14.7. The van der Waals surface area contributed by atoms with E-state index in [1.165, 1.54) is 11.4 Å². The van der Waals surface area contributed by atoms with Crippen molar-refractivity contribution >= 4 is 34.4 Å². The minimum absolute atomic E-state index is 0.0166. The smallest absolute Gasteiger partial charge is 0.224 e. The summed E-state index contributed by atoms with van der Waals surface area (Å²) in [5, 5.41) is 2.94. The number of amides is 1. The lowest BCUT2D eigenvalue weighted by Gasteiger charge is -2.09. The minimum Gasteiger partial charge on any atom is -0.349 e. The number of aromatic nitrogens is 3. The van der Waals surface area contributed by atoms with Crippen LogP contribution in [-0.4, -0.2) is 19.2 Å². The fourth-order valence-corrected chi connectivity index (χ4v) is 3.12. The first-order valence-corrected chi connectivity index (χ1v) is 8.02. The normalized spacial score (nSPS) is 11.0. The summed E-state index contributed by atoms with van der Waals surface area (Å²) in [6.45, 7) is 5.03. The van der Waals surface area contributed by atoms with Gasteiger partial charge in [-0.25, -0.2) is 0 Å². The van der Waals surface area contributed by atoms with Gasteiger partial charge in [-0.2, -0.15) is 8.75 Å². The third-order valence-corrected chi connectivity index (χ3v) is 4.31. The quantitative estimate of drug-likeness (QED) is 0.783. The Morgan fingerprint density at radius 3 is 2.73 bits per heavy atom. The molecule has 0 saturated heterocycles. The number of aryl methyl sites for hydroxylation is 2. The number of benzene rings is 1. The number of nitrogens with one attached hydrogen (secondary N) is 1. The Morgan fingerprint density at radius 1 is 1.18 bits per heavy atom. The number of carbonyl (C=O) groups excluding carboxylic acids is 1. The van der Waals surface area contributed by atoms with E-state index >= 15 is 0 Å². The Morgan fingerprint density at radius 2 is 1.95 bits per heavy atom. The molecule has 0 fully saturated rings. The van der Waals surface area contributed by atoms with Crippen molar-refractivity contribution in [1.29, 1.82) is 0 Å². The van der Waals surface area contributed by atoms with Crippen molar-refractivity contribution in [2.24, 2.45) is 0 Å². The van der Waals surface area contributed by atoms with Crippen LogP contribution in [-0.2, 0) is 11.3 Å². The molecule has 5 nitrogen and oxygen atoms in total. The molecule has 6 heteroatoms. The van der Waals surface area contributed by atoms with Crippen LogP contribution in [0, 0.1) is 13.8 Å². The van der Waals surface area contributed by atoms with E-state index in [0.29, 0.717) is 6.42 Å². The van der Waals surface area contributed by atoms with E-state index in [1.807, 2.05) is 18.2 Å². The van der Waals surface area contributed by atoms with Crippen molar-refractivity contribution in [2.45, 2.75) is 33.2 Å². The summed E-state index contributed by atoms with van der Waals surface area (Å²) in [4.78, 5) is 12.1. The maximum Gasteiger partial charge on any atom is 0.224 e. The number of hydrogen-bond donors (Lipinski definition) is 1. The second-order valence-electron chi connectivity index (χ2n) is 5.36. The molecule has 2 aromatic heterocycles. The Labute approximate surface area is 133 Å². The molecule has 0 aliphatic carbocycles. The van der Waals surface area contributed by atoms with Gasteiger partial charge in [0.15, 0.2) is 0 Å². The molecule has 0 unspecified atom stereocenters. The Kier molecular flexibility index (Phi) is 4.20. The fraction of sp³-hybridized carbons (Fsp3) is 0.312. The molecule has 3 rings (SSSR count). The van der Waals surface area contributed by atoms with E-state index < -0.39 is 0 Å². The van der Waals surface area contributed by atoms with Crippen molar-refractivity contribution < 1.29 is 4.79 Å². The minimum atomic E-state index is 0.0166. The Balaban J connectivity index is 1.58. The van der Waals surface area contributed by atoms with Crippen LogP contribution in [0.1, 0.15) is 24.2 Å². The second-order valence-corrected chi connectivity index (χ2v) is 5.89. The van der Waals surface area contributed by atoms with Gasteiger partial charge in [-0.1, -0.05) is 6.07 Å². The van der Waals surface area contributed by atoms with Crippen LogP contribution in [0.25, 0.3) is 11.0 Å². The van der Waals surface area contributed by atoms with E-state index in [1.54, 1.807) is 0 Å². The van der Waals surface area contributed by atoms with E-state index in [9.17, 15) is 4.79 Å². The van der Waals surface area contributed by atoms with E-state index in [0.717, 1.165) is 41.4 Å². The lowest BCUT2D eigenvalue weighted by Crippen LogP contribution is -2.13. The van der Waals surface area contributed by atoms with Crippen LogP contribution < -0.4 is 5.32 Å². The molecule has 0 bridgehead atoms. The summed E-state index contributed by atoms with van der Waals surface area (Å²) >= 11 is 1.16. The summed E-state index contributed by atoms with van der Waals surface area (Å²) in [6, 6.07) is 9.84. The fourth-order valence-electron chi connectivity index (χ4n) is 2.57. The SMILES string of the molecule is Cc1ccc(C)n1CCCC(=O)Nc1cccc2nsnc12. The zero-order chi connectivity index (χ0) is 15.5. The van der Waals surface area contributed by atoms with E-state index in [4.69, 9.17) is 0 Å². The summed E-state index contributed by atoms with van der Waals surface area (Å²) in [5.74, 6) is 0.0166. The Hall–Kier alpha value is -2.21. The average Bonchev–Trinajstić information content (AvgIpc) is 3.09. The van der Waals surface area contributed by atoms with Gasteiger partial charge in [0.2, 0.25) is 5.91 Å². The van der Waals surface area contributed by atoms with E-state index in [2.05, 4.69) is 44.6 Å². The van der Waals surface area contributed by atoms with Crippen molar-refractivity contribution in [1.82, 2.24) is 13.3 Å². The molecule has 0 radical (unpaired) electrons. The predicted octanol–water partition coefficient (Wildman–Crippen LogP) is 3.53. The third kappa shape index (κ3) is 3.01. The number of nitrogens with zero attached hydrogens (tertiary/aromatic N) is 3. The molecule has 22 heavy (non-hydrogen) atoms. The van der Waals surface area contributed by atoms with Gasteiger partial charge in [-0.15, -0.1) is 0 Å². The van der Waals surface area contributed by atoms with Crippen LogP contribution in [0.2, 0.25) is 0 Å². The summed E-state index contributed by atoms with van der Waals surface area (Å²) in [5.41, 5.74) is 4.79. The average molecular weight is 314 g/mol. The lowest BCUT2D eigenvalue weighted by atomic mass is 10.2. The standard InChI is InChI=1S/C16H18N4OS/c1-11-8-9-12(2)20(11)10-4-7-15(21)17-13-5-3-6-14-16(13)19-22-18-14/h3,5-6,8-9H,4,7,10H2,1-2H3,(H,17,21). The molecule has 1 N–H and O–H groups in total. The first-order chi connectivity index (χ1) is 10.6. The monoisotopic (exact) mass is 314 g/mol. The Bertz CT molecular complexity index is 786. The number of anilines is 1. The van der Waals surface area contributed by atoms with Gasteiger partial charge >= 0.3 is 0 Å². The summed E-state index contributed by atoms with van der Waals surface area (Å²) in [6.07, 6.45) is 1.30. The lowest BCUT2D eigenvalue weighted by molar-refractivity contribution is -0.116. The van der Waals surface area contributed by atoms with Crippen LogP contribution in [0.5, 0.6) is 0 Å². The van der Waals surface area contributed by atoms with Gasteiger partial charge in [0.1, 0.15) is 11.0 Å². The highest BCUT2D eigenvalue weighted by Crippen LogP contribution is 2.21. The molecule has 0 atom stereocenters. The highest BCUT2D eigenvalue weighted by molar-refractivity contribution is 7.00. The van der Waals surface area contributed by atoms with Crippen LogP contribution in [0.3, 0.4) is 0 Å². The van der Waals surface area contributed by atoms with Gasteiger partial charge in [0.25, 0.3) is 0 Å². The van der Waals surface area contributed by atoms with Gasteiger partial charge in [-0.3, -0.25) is 4.79 Å². The zero-order valence-corrected chi connectivity index (χ0v) is 13.5. The van der Waals surface area contributed by atoms with Crippen LogP contribution in [0.15, 0.2) is 30.3 Å². The molecular formula is C16H18N4OS. The summed E-state index contributed by atoms with van der Waals surface area (Å²) < 4.78 is 10.6. The van der Waals surface area contributed by atoms with Gasteiger partial charge < -0.3 is 9.88 Å². The third-order valence-electron chi connectivity index (χ3n) is 3.76. The number of fused-ring (bicyclic) bond motifs is 1. The number of carbonyl (C=O) groups is 1. The highest BCUT2D eigenvalue weighted by atomic mass is 32.1. The largest absolute Gasteiger partial charge is 0.349 e. The molecule has 3 aromatic rings. The molecule has 114 valence electrons. The molecule has 2 heterocycles. The second kappa shape index (κ2) is 6.27. The molecule has 0 aliphatic rings. The van der Waals surface area contributed by atoms with Crippen LogP contribution in [0.4, 0.5) is 5.69 Å². The maximum absolute atomic E-state index is 12.1. The van der Waals surface area contributed by atoms with Gasteiger partial charge in [-0.05, 0) is 44.5 Å². The van der Waals surface area contributed by atoms with Crippen LogP contribution >= 0.6 is 11.7 Å². The first-order valence-electron chi connectivity index (χ1n) is 7.29. The molecular weight excluding hydrogens is 296 g/mol. The molecule has 0 saturated carbocycles. The zero-order valence-electron chi connectivity index (χ0n) is 12.7. The van der Waals surface area contributed by atoms with Crippen molar-refractivity contribution in [3.05, 3.63) is 41.7 Å². The van der Waals surface area contributed by atoms with Crippen molar-refractivity contribution in [3.63, 3.8) is 0 Å². The predicted molar refractivity (Wildman–Crippen MR) is 89.2 cm³/mol. The number of hydrogen-bond acceptors (Lipinski definition) is 4. The van der Waals surface area contributed by atoms with Crippen molar-refractivity contribution in [3.8, 4) is 0 Å². The molecule has 0 spiro atoms. The molecule has 0 aliphatic heterocycles. The highest BCUT2D eigenvalue weighted by Gasteiger charge is 2.09. The van der Waals surface area contributed by atoms with Gasteiger partial charge in [0.05, 0.1) is 17.4 Å². The maximum atomic E-state index is 12.1. The van der Waals surface area contributed by atoms with Crippen molar-refractivity contribution in [2.75, 3.05) is 5.32 Å². The van der Waals surface area contributed by atoms with Gasteiger partial charge in [0, 0.05) is 24.4 Å². The van der Waals surface area contributed by atoms with E-state index in [-0.39, 0.29) is 5.91 Å². The summed E-state index contributed by atoms with van der Waals surface area (Å²) in [7, 11) is 0. The molecule has 1 amide bonds. The number of rotatable bonds is 5. The molecule has 1 aromatic carbocycles. The topological polar surface area (TPSA) is 59.8 Å².